The van der Waals surface area contributed by atoms with E-state index in [-0.39, 0.29) is 0 Å². The molecule has 0 saturated carbocycles. The fraction of sp³-hybridized carbons (Fsp3) is 0.353. The fourth-order valence-electron chi connectivity index (χ4n) is 2.22. The Hall–Kier alpha value is -1.32. The van der Waals surface area contributed by atoms with Crippen LogP contribution in [0.1, 0.15) is 29.8 Å². The molecule has 106 valence electrons. The van der Waals surface area contributed by atoms with Crippen LogP contribution in [0.4, 0.5) is 0 Å². The van der Waals surface area contributed by atoms with E-state index in [1.807, 2.05) is 6.20 Å². The van der Waals surface area contributed by atoms with E-state index in [4.69, 9.17) is 0 Å². The van der Waals surface area contributed by atoms with E-state index < -0.39 is 0 Å². The lowest BCUT2D eigenvalue weighted by Gasteiger charge is -2.18. The topological polar surface area (TPSA) is 24.9 Å². The van der Waals surface area contributed by atoms with Gasteiger partial charge in [-0.05, 0) is 49.1 Å². The molecule has 1 unspecified atom stereocenters. The zero-order valence-corrected chi connectivity index (χ0v) is 13.2. The number of pyridine rings is 1. The number of nitrogens with one attached hydrogen (secondary N) is 1. The second-order valence-electron chi connectivity index (χ2n) is 4.91. The van der Waals surface area contributed by atoms with Crippen molar-refractivity contribution in [3.05, 3.63) is 59.4 Å². The average molecular weight is 286 g/mol. The van der Waals surface area contributed by atoms with Crippen molar-refractivity contribution in [3.8, 4) is 0 Å². The van der Waals surface area contributed by atoms with Crippen molar-refractivity contribution in [3.63, 3.8) is 0 Å². The van der Waals surface area contributed by atoms with Gasteiger partial charge in [-0.1, -0.05) is 25.1 Å². The molecule has 2 nitrogen and oxygen atoms in total. The van der Waals surface area contributed by atoms with Crippen LogP contribution in [-0.2, 0) is 6.42 Å². The van der Waals surface area contributed by atoms with Crippen molar-refractivity contribution < 1.29 is 0 Å². The Morgan fingerprint density at radius 1 is 1.15 bits per heavy atom. The first-order valence-corrected chi connectivity index (χ1v) is 8.24. The minimum absolute atomic E-state index is 0.325. The molecular weight excluding hydrogens is 264 g/mol. The van der Waals surface area contributed by atoms with Crippen LogP contribution in [0.15, 0.2) is 47.5 Å². The summed E-state index contributed by atoms with van der Waals surface area (Å²) in [5.74, 6) is 0. The molecule has 1 aromatic heterocycles. The van der Waals surface area contributed by atoms with Gasteiger partial charge in [0.2, 0.25) is 0 Å². The van der Waals surface area contributed by atoms with Crippen LogP contribution < -0.4 is 5.32 Å². The molecule has 1 atom stereocenters. The summed E-state index contributed by atoms with van der Waals surface area (Å²) in [5, 5.41) is 3.55. The molecule has 0 spiro atoms. The van der Waals surface area contributed by atoms with Gasteiger partial charge in [0.05, 0.1) is 0 Å². The number of likely N-dealkylation sites (N-methyl/N-ethyl adjacent to an activating group) is 1. The van der Waals surface area contributed by atoms with Gasteiger partial charge in [-0.15, -0.1) is 11.8 Å². The molecule has 1 aromatic carbocycles. The third-order valence-corrected chi connectivity index (χ3v) is 4.10. The van der Waals surface area contributed by atoms with Gasteiger partial charge in [-0.2, -0.15) is 0 Å². The van der Waals surface area contributed by atoms with Gasteiger partial charge in [0.25, 0.3) is 0 Å². The number of rotatable bonds is 6. The fourth-order valence-corrected chi connectivity index (χ4v) is 2.63. The van der Waals surface area contributed by atoms with Crippen molar-refractivity contribution >= 4 is 11.8 Å². The zero-order valence-electron chi connectivity index (χ0n) is 12.4. The normalized spacial score (nSPS) is 12.3. The van der Waals surface area contributed by atoms with Crippen molar-refractivity contribution in [1.82, 2.24) is 10.3 Å². The number of hydrogen-bond donors (Lipinski definition) is 1. The number of aromatic nitrogens is 1. The predicted molar refractivity (Wildman–Crippen MR) is 87.3 cm³/mol. The highest BCUT2D eigenvalue weighted by Gasteiger charge is 2.11. The Kier molecular flexibility index (Phi) is 5.62. The van der Waals surface area contributed by atoms with E-state index >= 15 is 0 Å². The molecule has 0 aliphatic rings. The molecular formula is C17H22N2S. The molecule has 3 heteroatoms. The average Bonchev–Trinajstić information content (AvgIpc) is 2.49. The van der Waals surface area contributed by atoms with Gasteiger partial charge < -0.3 is 5.32 Å². The summed E-state index contributed by atoms with van der Waals surface area (Å²) in [5.41, 5.74) is 3.67. The van der Waals surface area contributed by atoms with Crippen LogP contribution in [0.5, 0.6) is 0 Å². The summed E-state index contributed by atoms with van der Waals surface area (Å²) >= 11 is 1.78. The molecule has 0 radical (unpaired) electrons. The zero-order chi connectivity index (χ0) is 14.4. The molecule has 1 heterocycles. The van der Waals surface area contributed by atoms with Crippen molar-refractivity contribution in [2.24, 2.45) is 0 Å². The maximum absolute atomic E-state index is 4.52. The van der Waals surface area contributed by atoms with Crippen LogP contribution in [-0.4, -0.2) is 17.8 Å². The van der Waals surface area contributed by atoms with Crippen LogP contribution >= 0.6 is 11.8 Å². The highest BCUT2D eigenvalue weighted by molar-refractivity contribution is 7.98. The van der Waals surface area contributed by atoms with Crippen LogP contribution in [0.3, 0.4) is 0 Å². The van der Waals surface area contributed by atoms with Gasteiger partial charge in [0, 0.05) is 29.2 Å². The Balaban J connectivity index is 2.14. The second kappa shape index (κ2) is 7.46. The van der Waals surface area contributed by atoms with E-state index in [1.54, 1.807) is 11.8 Å². The maximum atomic E-state index is 4.52. The third-order valence-electron chi connectivity index (χ3n) is 3.35. The lowest BCUT2D eigenvalue weighted by Crippen LogP contribution is -2.23. The number of benzene rings is 1. The summed E-state index contributed by atoms with van der Waals surface area (Å²) in [6.07, 6.45) is 4.97. The highest BCUT2D eigenvalue weighted by atomic mass is 32.2. The Morgan fingerprint density at radius 3 is 2.45 bits per heavy atom. The van der Waals surface area contributed by atoms with E-state index in [0.29, 0.717) is 6.04 Å². The number of aryl methyl sites for hydroxylation is 1. The molecule has 0 fully saturated rings. The number of nitrogens with zero attached hydrogens (tertiary/aromatic N) is 1. The molecule has 0 aliphatic carbocycles. The molecule has 2 rings (SSSR count). The first-order valence-electron chi connectivity index (χ1n) is 7.01. The summed E-state index contributed by atoms with van der Waals surface area (Å²) in [6, 6.07) is 13.4. The SMILES string of the molecule is CCNC(Cc1ccc(C)cn1)c1ccc(SC)cc1. The number of hydrogen-bond acceptors (Lipinski definition) is 3. The van der Waals surface area contributed by atoms with Crippen LogP contribution in [0.25, 0.3) is 0 Å². The minimum atomic E-state index is 0.325. The van der Waals surface area contributed by atoms with Crippen LogP contribution in [0.2, 0.25) is 0 Å². The number of thioether (sulfide) groups is 1. The largest absolute Gasteiger partial charge is 0.310 e. The van der Waals surface area contributed by atoms with E-state index in [9.17, 15) is 0 Å². The monoisotopic (exact) mass is 286 g/mol. The summed E-state index contributed by atoms with van der Waals surface area (Å²) in [7, 11) is 0. The molecule has 0 bridgehead atoms. The quantitative estimate of drug-likeness (QED) is 0.812. The standard InChI is InChI=1S/C17H22N2S/c1-4-18-17(11-15-8-5-13(2)12-19-15)14-6-9-16(20-3)10-7-14/h5-10,12,17-18H,4,11H2,1-3H3. The van der Waals surface area contributed by atoms with Gasteiger partial charge in [0.1, 0.15) is 0 Å². The second-order valence-corrected chi connectivity index (χ2v) is 5.79. The first-order chi connectivity index (χ1) is 9.72. The minimum Gasteiger partial charge on any atom is -0.310 e. The summed E-state index contributed by atoms with van der Waals surface area (Å²) < 4.78 is 0. The van der Waals surface area contributed by atoms with Gasteiger partial charge >= 0.3 is 0 Å². The third kappa shape index (κ3) is 4.09. The van der Waals surface area contributed by atoms with Gasteiger partial charge in [-0.3, -0.25) is 4.98 Å². The summed E-state index contributed by atoms with van der Waals surface area (Å²) in [4.78, 5) is 5.82. The van der Waals surface area contributed by atoms with Crippen molar-refractivity contribution in [2.45, 2.75) is 31.2 Å². The first kappa shape index (κ1) is 15.1. The predicted octanol–water partition coefficient (Wildman–Crippen LogP) is 4.01. The van der Waals surface area contributed by atoms with E-state index in [0.717, 1.165) is 18.7 Å². The highest BCUT2D eigenvalue weighted by Crippen LogP contribution is 2.21. The molecule has 0 saturated heterocycles. The Bertz CT molecular complexity index is 520. The van der Waals surface area contributed by atoms with Crippen molar-refractivity contribution in [2.75, 3.05) is 12.8 Å². The van der Waals surface area contributed by atoms with Gasteiger partial charge in [0.15, 0.2) is 0 Å². The van der Waals surface area contributed by atoms with Gasteiger partial charge in [-0.25, -0.2) is 0 Å². The van der Waals surface area contributed by atoms with Crippen LogP contribution in [0, 0.1) is 6.92 Å². The van der Waals surface area contributed by atoms with Crippen molar-refractivity contribution in [1.29, 1.82) is 0 Å². The Labute approximate surface area is 126 Å². The Morgan fingerprint density at radius 2 is 1.90 bits per heavy atom. The lowest BCUT2D eigenvalue weighted by atomic mass is 10.0. The summed E-state index contributed by atoms with van der Waals surface area (Å²) in [6.45, 7) is 5.17. The maximum Gasteiger partial charge on any atom is 0.0422 e. The molecule has 2 aromatic rings. The smallest absolute Gasteiger partial charge is 0.0422 e. The van der Waals surface area contributed by atoms with E-state index in [1.165, 1.54) is 16.0 Å². The molecule has 1 N–H and O–H groups in total. The molecule has 0 aliphatic heterocycles. The van der Waals surface area contributed by atoms with E-state index in [2.05, 4.69) is 66.8 Å². The molecule has 0 amide bonds. The lowest BCUT2D eigenvalue weighted by molar-refractivity contribution is 0.543. The molecule has 20 heavy (non-hydrogen) atoms.